The van der Waals surface area contributed by atoms with E-state index in [9.17, 15) is 0 Å². The highest BCUT2D eigenvalue weighted by atomic mass is 15.2. The van der Waals surface area contributed by atoms with Crippen molar-refractivity contribution in [1.29, 1.82) is 0 Å². The second kappa shape index (κ2) is 6.65. The lowest BCUT2D eigenvalue weighted by Crippen LogP contribution is -2.15. The SMILES string of the molecule is CCCc1nc(C)nc(NC2=CC(C)(C)C=CC(C)(C)C=C2)n1. The number of allylic oxidation sites excluding steroid dienone is 5. The van der Waals surface area contributed by atoms with Crippen LogP contribution in [0.2, 0.25) is 0 Å². The van der Waals surface area contributed by atoms with Crippen LogP contribution in [0.1, 0.15) is 52.7 Å². The fraction of sp³-hybridized carbons (Fsp3) is 0.526. The maximum absolute atomic E-state index is 4.53. The fourth-order valence-electron chi connectivity index (χ4n) is 2.42. The lowest BCUT2D eigenvalue weighted by molar-refractivity contribution is 0.573. The summed E-state index contributed by atoms with van der Waals surface area (Å²) in [7, 11) is 0. The van der Waals surface area contributed by atoms with Crippen molar-refractivity contribution in [3.8, 4) is 0 Å². The molecule has 0 aliphatic heterocycles. The Bertz CT molecular complexity index is 651. The number of rotatable bonds is 4. The summed E-state index contributed by atoms with van der Waals surface area (Å²) >= 11 is 0. The number of aryl methyl sites for hydroxylation is 2. The second-order valence-corrected chi connectivity index (χ2v) is 7.41. The van der Waals surface area contributed by atoms with Gasteiger partial charge in [0.2, 0.25) is 5.95 Å². The average Bonchev–Trinajstić information content (AvgIpc) is 2.42. The zero-order valence-corrected chi connectivity index (χ0v) is 15.1. The molecule has 0 amide bonds. The van der Waals surface area contributed by atoms with E-state index in [4.69, 9.17) is 0 Å². The predicted molar refractivity (Wildman–Crippen MR) is 96.1 cm³/mol. The van der Waals surface area contributed by atoms with Crippen molar-refractivity contribution in [3.05, 3.63) is 47.7 Å². The molecule has 23 heavy (non-hydrogen) atoms. The van der Waals surface area contributed by atoms with E-state index in [0.717, 1.165) is 30.2 Å². The van der Waals surface area contributed by atoms with Gasteiger partial charge in [-0.05, 0) is 19.4 Å². The Morgan fingerprint density at radius 2 is 1.65 bits per heavy atom. The molecule has 1 aromatic rings. The van der Waals surface area contributed by atoms with Crippen molar-refractivity contribution < 1.29 is 0 Å². The molecule has 0 fully saturated rings. The largest absolute Gasteiger partial charge is 0.324 e. The Kier molecular flexibility index (Phi) is 5.03. The Morgan fingerprint density at radius 3 is 2.35 bits per heavy atom. The van der Waals surface area contributed by atoms with Crippen molar-refractivity contribution in [2.24, 2.45) is 10.8 Å². The number of anilines is 1. The van der Waals surface area contributed by atoms with Crippen LogP contribution in [-0.4, -0.2) is 15.0 Å². The van der Waals surface area contributed by atoms with E-state index in [1.165, 1.54) is 0 Å². The van der Waals surface area contributed by atoms with Gasteiger partial charge in [-0.25, -0.2) is 4.98 Å². The van der Waals surface area contributed by atoms with E-state index in [0.29, 0.717) is 5.95 Å². The standard InChI is InChI=1S/C19H28N4/c1-7-8-16-20-14(2)21-17(23-16)22-15-9-10-18(3,4)11-12-19(5,6)13-15/h9-13H,7-8H2,1-6H3,(H,20,21,22,23). The van der Waals surface area contributed by atoms with Crippen LogP contribution in [-0.2, 0) is 6.42 Å². The van der Waals surface area contributed by atoms with Gasteiger partial charge in [0.25, 0.3) is 0 Å². The Hall–Kier alpha value is -1.97. The first-order chi connectivity index (χ1) is 10.7. The smallest absolute Gasteiger partial charge is 0.230 e. The summed E-state index contributed by atoms with van der Waals surface area (Å²) in [6, 6.07) is 0. The van der Waals surface area contributed by atoms with Gasteiger partial charge >= 0.3 is 0 Å². The summed E-state index contributed by atoms with van der Waals surface area (Å²) in [5, 5.41) is 3.36. The molecule has 1 aliphatic rings. The lowest BCUT2D eigenvalue weighted by atomic mass is 9.83. The minimum Gasteiger partial charge on any atom is -0.324 e. The first-order valence-corrected chi connectivity index (χ1v) is 8.30. The van der Waals surface area contributed by atoms with E-state index in [2.05, 4.69) is 85.3 Å². The molecule has 2 rings (SSSR count). The third-order valence-corrected chi connectivity index (χ3v) is 3.69. The van der Waals surface area contributed by atoms with Crippen molar-refractivity contribution in [2.75, 3.05) is 5.32 Å². The molecule has 0 saturated carbocycles. The van der Waals surface area contributed by atoms with E-state index >= 15 is 0 Å². The van der Waals surface area contributed by atoms with Crippen molar-refractivity contribution >= 4 is 5.95 Å². The normalized spacial score (nSPS) is 19.0. The molecular weight excluding hydrogens is 284 g/mol. The van der Waals surface area contributed by atoms with Crippen LogP contribution in [0.25, 0.3) is 0 Å². The monoisotopic (exact) mass is 312 g/mol. The van der Waals surface area contributed by atoms with Gasteiger partial charge in [-0.1, -0.05) is 58.9 Å². The first-order valence-electron chi connectivity index (χ1n) is 8.30. The van der Waals surface area contributed by atoms with E-state index < -0.39 is 0 Å². The summed E-state index contributed by atoms with van der Waals surface area (Å²) < 4.78 is 0. The number of hydrogen-bond acceptors (Lipinski definition) is 4. The predicted octanol–water partition coefficient (Wildman–Crippen LogP) is 4.61. The molecule has 4 heteroatoms. The third-order valence-electron chi connectivity index (χ3n) is 3.69. The minimum absolute atomic E-state index is 0.0286. The van der Waals surface area contributed by atoms with Gasteiger partial charge in [-0.15, -0.1) is 0 Å². The maximum Gasteiger partial charge on any atom is 0.230 e. The zero-order valence-electron chi connectivity index (χ0n) is 15.1. The number of hydrogen-bond donors (Lipinski definition) is 1. The lowest BCUT2D eigenvalue weighted by Gasteiger charge is -2.24. The maximum atomic E-state index is 4.53. The molecule has 0 saturated heterocycles. The number of nitrogens with one attached hydrogen (secondary N) is 1. The molecule has 1 heterocycles. The summed E-state index contributed by atoms with van der Waals surface area (Å²) in [4.78, 5) is 13.3. The molecule has 0 spiro atoms. The Balaban J connectivity index is 2.32. The molecule has 0 unspecified atom stereocenters. The highest BCUT2D eigenvalue weighted by Crippen LogP contribution is 2.30. The topological polar surface area (TPSA) is 50.7 Å². The second-order valence-electron chi connectivity index (χ2n) is 7.41. The van der Waals surface area contributed by atoms with Crippen LogP contribution in [0, 0.1) is 17.8 Å². The molecule has 4 nitrogen and oxygen atoms in total. The molecule has 0 atom stereocenters. The van der Waals surface area contributed by atoms with E-state index in [1.807, 2.05) is 6.92 Å². The van der Waals surface area contributed by atoms with Crippen LogP contribution in [0.15, 0.2) is 36.1 Å². The zero-order chi connectivity index (χ0) is 17.1. The summed E-state index contributed by atoms with van der Waals surface area (Å²) in [5.74, 6) is 2.22. The van der Waals surface area contributed by atoms with Gasteiger partial charge in [0, 0.05) is 22.9 Å². The highest BCUT2D eigenvalue weighted by Gasteiger charge is 2.18. The quantitative estimate of drug-likeness (QED) is 0.825. The Morgan fingerprint density at radius 1 is 0.957 bits per heavy atom. The summed E-state index contributed by atoms with van der Waals surface area (Å²) in [6.45, 7) is 12.8. The van der Waals surface area contributed by atoms with Gasteiger partial charge in [0.15, 0.2) is 0 Å². The summed E-state index contributed by atoms with van der Waals surface area (Å²) in [6.07, 6.45) is 12.9. The molecule has 124 valence electrons. The molecule has 0 radical (unpaired) electrons. The average molecular weight is 312 g/mol. The molecule has 1 aromatic heterocycles. The van der Waals surface area contributed by atoms with E-state index in [-0.39, 0.29) is 10.8 Å². The highest BCUT2D eigenvalue weighted by molar-refractivity contribution is 5.42. The van der Waals surface area contributed by atoms with Crippen LogP contribution in [0.4, 0.5) is 5.95 Å². The minimum atomic E-state index is -0.0291. The first kappa shape index (κ1) is 17.4. The van der Waals surface area contributed by atoms with Crippen LogP contribution in [0.5, 0.6) is 0 Å². The summed E-state index contributed by atoms with van der Waals surface area (Å²) in [5.41, 5.74) is 1.01. The van der Waals surface area contributed by atoms with Crippen molar-refractivity contribution in [2.45, 2.75) is 54.4 Å². The van der Waals surface area contributed by atoms with Gasteiger partial charge in [0.05, 0.1) is 0 Å². The van der Waals surface area contributed by atoms with Gasteiger partial charge in [0.1, 0.15) is 11.6 Å². The van der Waals surface area contributed by atoms with Crippen molar-refractivity contribution in [1.82, 2.24) is 15.0 Å². The van der Waals surface area contributed by atoms with Crippen LogP contribution < -0.4 is 5.32 Å². The van der Waals surface area contributed by atoms with Crippen molar-refractivity contribution in [3.63, 3.8) is 0 Å². The molecule has 0 bridgehead atoms. The number of nitrogens with zero attached hydrogens (tertiary/aromatic N) is 3. The fourth-order valence-corrected chi connectivity index (χ4v) is 2.42. The molecule has 0 aromatic carbocycles. The van der Waals surface area contributed by atoms with Crippen LogP contribution >= 0.6 is 0 Å². The molecular formula is C19H28N4. The van der Waals surface area contributed by atoms with E-state index in [1.54, 1.807) is 0 Å². The van der Waals surface area contributed by atoms with Gasteiger partial charge in [-0.3, -0.25) is 0 Å². The van der Waals surface area contributed by atoms with Crippen LogP contribution in [0.3, 0.4) is 0 Å². The molecule has 1 N–H and O–H groups in total. The molecule has 1 aliphatic carbocycles. The third kappa shape index (κ3) is 5.31. The van der Waals surface area contributed by atoms with Gasteiger partial charge in [-0.2, -0.15) is 9.97 Å². The number of aromatic nitrogens is 3. The van der Waals surface area contributed by atoms with Gasteiger partial charge < -0.3 is 5.32 Å². The Labute approximate surface area is 139 Å².